The van der Waals surface area contributed by atoms with Gasteiger partial charge in [0.15, 0.2) is 0 Å². The van der Waals surface area contributed by atoms with E-state index >= 15 is 0 Å². The Morgan fingerprint density at radius 1 is 1.09 bits per heavy atom. The van der Waals surface area contributed by atoms with E-state index in [0.29, 0.717) is 10.7 Å². The summed E-state index contributed by atoms with van der Waals surface area (Å²) in [7, 11) is 3.23. The van der Waals surface area contributed by atoms with Crippen LogP contribution in [0.15, 0.2) is 83.1 Å². The van der Waals surface area contributed by atoms with Crippen molar-refractivity contribution in [2.45, 2.75) is 5.16 Å². The average Bonchev–Trinajstić information content (AvgIpc) is 3.31. The molecule has 0 unspecified atom stereocenters. The minimum absolute atomic E-state index is 0.0853. The maximum atomic E-state index is 12.4. The number of nitrogens with one attached hydrogen (secondary N) is 2. The molecule has 0 radical (unpaired) electrons. The van der Waals surface area contributed by atoms with Crippen LogP contribution < -0.4 is 24.6 Å². The minimum Gasteiger partial charge on any atom is -0.872 e. The van der Waals surface area contributed by atoms with E-state index in [2.05, 4.69) is 20.7 Å². The first-order valence-corrected chi connectivity index (χ1v) is 11.6. The van der Waals surface area contributed by atoms with Crippen molar-refractivity contribution in [1.29, 1.82) is 0 Å². The normalized spacial score (nSPS) is 10.9. The molecule has 0 fully saturated rings. The van der Waals surface area contributed by atoms with Gasteiger partial charge in [-0.25, -0.2) is 5.43 Å². The van der Waals surface area contributed by atoms with Crippen molar-refractivity contribution in [3.8, 4) is 34.3 Å². The molecule has 4 rings (SSSR count). The van der Waals surface area contributed by atoms with Crippen LogP contribution >= 0.6 is 11.8 Å². The van der Waals surface area contributed by atoms with Gasteiger partial charge in [-0.3, -0.25) is 4.79 Å². The number of methoxy groups -OCH3 is 2. The number of hydrogen-bond acceptors (Lipinski definition) is 7. The third-order valence-electron chi connectivity index (χ3n) is 4.96. The molecule has 1 heterocycles. The number of hydrogen-bond donors (Lipinski definition) is 2. The molecule has 0 aliphatic rings. The zero-order valence-corrected chi connectivity index (χ0v) is 19.9. The summed E-state index contributed by atoms with van der Waals surface area (Å²) in [5, 5.41) is 23.4. The molecule has 0 spiro atoms. The Morgan fingerprint density at radius 2 is 1.77 bits per heavy atom. The molecule has 0 aliphatic carbocycles. The standard InChI is InChI=1S/C25H23N5O4S/c1-33-21-10-6-18(7-11-21)24-28-29-25(30(24)19-8-12-22(34-2)13-9-19)35-16-23(32)27-26-15-17-4-3-5-20(31)14-17/h3-15H,16H2,1-2H3,(H2,27,31,32)/b26-15+. The summed E-state index contributed by atoms with van der Waals surface area (Å²) < 4.78 is 12.5. The predicted octanol–water partition coefficient (Wildman–Crippen LogP) is 2.69. The van der Waals surface area contributed by atoms with Gasteiger partial charge in [0.05, 0.1) is 36.8 Å². The van der Waals surface area contributed by atoms with Gasteiger partial charge in [-0.15, -0.1) is 10.8 Å². The quantitative estimate of drug-likeness (QED) is 0.162. The number of aromatic amines is 1. The van der Waals surface area contributed by atoms with Crippen molar-refractivity contribution in [2.75, 3.05) is 20.0 Å². The van der Waals surface area contributed by atoms with Crippen LogP contribution in [0.1, 0.15) is 5.56 Å². The topological polar surface area (TPSA) is 116 Å². The van der Waals surface area contributed by atoms with E-state index in [9.17, 15) is 9.90 Å². The van der Waals surface area contributed by atoms with Crippen LogP contribution in [0, 0.1) is 0 Å². The molecule has 0 atom stereocenters. The molecule has 0 aliphatic heterocycles. The molecule has 35 heavy (non-hydrogen) atoms. The summed E-state index contributed by atoms with van der Waals surface area (Å²) in [5.74, 6) is 1.89. The minimum atomic E-state index is -0.306. The van der Waals surface area contributed by atoms with Crippen LogP contribution in [0.4, 0.5) is 0 Å². The molecule has 0 bridgehead atoms. The molecule has 178 valence electrons. The summed E-state index contributed by atoms with van der Waals surface area (Å²) in [5.41, 5.74) is 4.84. The van der Waals surface area contributed by atoms with Gasteiger partial charge in [0.25, 0.3) is 11.7 Å². The molecule has 4 aromatic rings. The van der Waals surface area contributed by atoms with E-state index in [1.165, 1.54) is 30.1 Å². The largest absolute Gasteiger partial charge is 0.872 e. The van der Waals surface area contributed by atoms with E-state index in [0.717, 1.165) is 28.6 Å². The van der Waals surface area contributed by atoms with Gasteiger partial charge in [0.1, 0.15) is 17.2 Å². The highest BCUT2D eigenvalue weighted by atomic mass is 32.2. The first kappa shape index (κ1) is 23.8. The number of nitrogens with zero attached hydrogens (tertiary/aromatic N) is 3. The van der Waals surface area contributed by atoms with Crippen LogP contribution in [-0.4, -0.2) is 42.3 Å². The third-order valence-corrected chi connectivity index (χ3v) is 5.90. The molecule has 10 heteroatoms. The maximum Gasteiger partial charge on any atom is 0.342 e. The number of amides is 1. The highest BCUT2D eigenvalue weighted by Gasteiger charge is 2.24. The second-order valence-corrected chi connectivity index (χ2v) is 8.21. The zero-order valence-electron chi connectivity index (χ0n) is 19.1. The smallest absolute Gasteiger partial charge is 0.342 e. The van der Waals surface area contributed by atoms with Crippen molar-refractivity contribution in [3.05, 3.63) is 78.4 Å². The lowest BCUT2D eigenvalue weighted by atomic mass is 10.2. The molecule has 1 amide bonds. The van der Waals surface area contributed by atoms with Crippen molar-refractivity contribution in [2.24, 2.45) is 5.10 Å². The van der Waals surface area contributed by atoms with Crippen molar-refractivity contribution >= 4 is 23.9 Å². The molecular formula is C25H23N5O4S. The van der Waals surface area contributed by atoms with Crippen LogP contribution in [0.3, 0.4) is 0 Å². The lowest BCUT2D eigenvalue weighted by molar-refractivity contribution is -0.625. The molecule has 2 N–H and O–H groups in total. The van der Waals surface area contributed by atoms with Gasteiger partial charge in [-0.2, -0.15) is 9.67 Å². The Balaban J connectivity index is 1.53. The van der Waals surface area contributed by atoms with E-state index in [-0.39, 0.29) is 17.4 Å². The summed E-state index contributed by atoms with van der Waals surface area (Å²) in [6.07, 6.45) is 1.43. The van der Waals surface area contributed by atoms with Crippen LogP contribution in [0.5, 0.6) is 17.2 Å². The van der Waals surface area contributed by atoms with Gasteiger partial charge >= 0.3 is 5.16 Å². The fourth-order valence-corrected chi connectivity index (χ4v) is 4.00. The van der Waals surface area contributed by atoms with Crippen LogP contribution in [0.2, 0.25) is 0 Å². The number of benzene rings is 3. The number of rotatable bonds is 9. The Bertz CT molecular complexity index is 1320. The second-order valence-electron chi connectivity index (χ2n) is 7.27. The molecular weight excluding hydrogens is 466 g/mol. The third kappa shape index (κ3) is 5.98. The van der Waals surface area contributed by atoms with Crippen LogP contribution in [-0.2, 0) is 4.79 Å². The SMILES string of the molecule is COc1ccc(-c2[nH]nc(SCC(=O)N/N=C/c3cccc([O-])c3)[n+]2-c2ccc(OC)cc2)cc1. The molecule has 0 saturated carbocycles. The lowest BCUT2D eigenvalue weighted by Crippen LogP contribution is -2.34. The molecule has 3 aromatic carbocycles. The molecule has 1 aromatic heterocycles. The number of carbonyl (C=O) groups excluding carboxylic acids is 1. The number of carbonyl (C=O) groups is 1. The lowest BCUT2D eigenvalue weighted by Gasteiger charge is -2.06. The monoisotopic (exact) mass is 489 g/mol. The van der Waals surface area contributed by atoms with Crippen LogP contribution in [0.25, 0.3) is 17.1 Å². The van der Waals surface area contributed by atoms with E-state index in [4.69, 9.17) is 9.47 Å². The predicted molar refractivity (Wildman–Crippen MR) is 131 cm³/mol. The Labute approximate surface area is 206 Å². The van der Waals surface area contributed by atoms with E-state index in [1.54, 1.807) is 26.4 Å². The zero-order chi connectivity index (χ0) is 24.6. The second kappa shape index (κ2) is 11.2. The van der Waals surface area contributed by atoms with Crippen molar-refractivity contribution < 1.29 is 23.9 Å². The van der Waals surface area contributed by atoms with Crippen molar-refractivity contribution in [3.63, 3.8) is 0 Å². The summed E-state index contributed by atoms with van der Waals surface area (Å²) in [6.45, 7) is 0. The number of aromatic nitrogens is 3. The fourth-order valence-electron chi connectivity index (χ4n) is 3.24. The Morgan fingerprint density at radius 3 is 2.43 bits per heavy atom. The van der Waals surface area contributed by atoms with Gasteiger partial charge in [0, 0.05) is 0 Å². The highest BCUT2D eigenvalue weighted by Crippen LogP contribution is 2.23. The van der Waals surface area contributed by atoms with Gasteiger partial charge in [0.2, 0.25) is 0 Å². The summed E-state index contributed by atoms with van der Waals surface area (Å²) in [6, 6.07) is 21.4. The van der Waals surface area contributed by atoms with E-state index < -0.39 is 0 Å². The highest BCUT2D eigenvalue weighted by molar-refractivity contribution is 7.99. The average molecular weight is 490 g/mol. The van der Waals surface area contributed by atoms with Crippen molar-refractivity contribution in [1.82, 2.24) is 15.6 Å². The Kier molecular flexibility index (Phi) is 7.63. The first-order chi connectivity index (χ1) is 17.1. The van der Waals surface area contributed by atoms with Gasteiger partial charge in [-0.05, 0) is 65.9 Å². The molecule has 9 nitrogen and oxygen atoms in total. The number of H-pyrrole nitrogens is 1. The number of hydrazone groups is 1. The molecule has 0 saturated heterocycles. The first-order valence-electron chi connectivity index (χ1n) is 10.6. The number of ether oxygens (including phenoxy) is 2. The van der Waals surface area contributed by atoms with Gasteiger partial charge < -0.3 is 14.6 Å². The van der Waals surface area contributed by atoms with E-state index in [1.807, 2.05) is 53.1 Å². The summed E-state index contributed by atoms with van der Waals surface area (Å²) >= 11 is 1.26. The Hall–Kier alpha value is -4.31. The maximum absolute atomic E-state index is 12.4. The van der Waals surface area contributed by atoms with Gasteiger partial charge in [-0.1, -0.05) is 24.3 Å². The fraction of sp³-hybridized carbons (Fsp3) is 0.120. The number of thioether (sulfide) groups is 1. The summed E-state index contributed by atoms with van der Waals surface area (Å²) in [4.78, 5) is 12.4.